The van der Waals surface area contributed by atoms with Crippen molar-refractivity contribution in [2.75, 3.05) is 33.3 Å². The van der Waals surface area contributed by atoms with Gasteiger partial charge in [0, 0.05) is 31.7 Å². The molecule has 0 saturated carbocycles. The third kappa shape index (κ3) is 3.16. The third-order valence-electron chi connectivity index (χ3n) is 4.31. The van der Waals surface area contributed by atoms with Crippen LogP contribution in [-0.2, 0) is 0 Å². The SMILES string of the molecule is COc1ccccc1C(c1cccc(C)c1)N1CCNCC1. The topological polar surface area (TPSA) is 24.5 Å². The second kappa shape index (κ2) is 6.95. The molecule has 1 unspecified atom stereocenters. The first kappa shape index (κ1) is 15.1. The van der Waals surface area contributed by atoms with Crippen molar-refractivity contribution in [3.63, 3.8) is 0 Å². The lowest BCUT2D eigenvalue weighted by molar-refractivity contribution is 0.195. The van der Waals surface area contributed by atoms with Gasteiger partial charge in [0.25, 0.3) is 0 Å². The van der Waals surface area contributed by atoms with E-state index in [9.17, 15) is 0 Å². The Morgan fingerprint density at radius 2 is 1.82 bits per heavy atom. The number of piperazine rings is 1. The lowest BCUT2D eigenvalue weighted by Gasteiger charge is -2.36. The van der Waals surface area contributed by atoms with E-state index >= 15 is 0 Å². The van der Waals surface area contributed by atoms with Gasteiger partial charge in [-0.1, -0.05) is 48.0 Å². The summed E-state index contributed by atoms with van der Waals surface area (Å²) in [7, 11) is 1.75. The lowest BCUT2D eigenvalue weighted by atomic mass is 9.94. The Hall–Kier alpha value is -1.84. The molecular weight excluding hydrogens is 272 g/mol. The highest BCUT2D eigenvalue weighted by Gasteiger charge is 2.26. The van der Waals surface area contributed by atoms with Crippen LogP contribution in [0.1, 0.15) is 22.7 Å². The van der Waals surface area contributed by atoms with E-state index in [-0.39, 0.29) is 6.04 Å². The fourth-order valence-electron chi connectivity index (χ4n) is 3.26. The van der Waals surface area contributed by atoms with E-state index < -0.39 is 0 Å². The van der Waals surface area contributed by atoms with Crippen LogP contribution in [0.3, 0.4) is 0 Å². The molecule has 3 nitrogen and oxygen atoms in total. The largest absolute Gasteiger partial charge is 0.496 e. The van der Waals surface area contributed by atoms with Crippen molar-refractivity contribution in [1.82, 2.24) is 10.2 Å². The third-order valence-corrected chi connectivity index (χ3v) is 4.31. The van der Waals surface area contributed by atoms with Crippen molar-refractivity contribution in [3.8, 4) is 5.75 Å². The zero-order valence-electron chi connectivity index (χ0n) is 13.4. The molecule has 1 N–H and O–H groups in total. The number of para-hydroxylation sites is 1. The van der Waals surface area contributed by atoms with E-state index in [0.29, 0.717) is 0 Å². The molecule has 0 aliphatic carbocycles. The van der Waals surface area contributed by atoms with Gasteiger partial charge in [0.2, 0.25) is 0 Å². The molecule has 2 aromatic carbocycles. The first-order valence-corrected chi connectivity index (χ1v) is 7.94. The number of nitrogens with one attached hydrogen (secondary N) is 1. The lowest BCUT2D eigenvalue weighted by Crippen LogP contribution is -2.45. The van der Waals surface area contributed by atoms with Crippen molar-refractivity contribution in [2.24, 2.45) is 0 Å². The Kier molecular flexibility index (Phi) is 4.76. The summed E-state index contributed by atoms with van der Waals surface area (Å²) in [6.45, 7) is 6.34. The molecule has 1 saturated heterocycles. The summed E-state index contributed by atoms with van der Waals surface area (Å²) in [4.78, 5) is 2.54. The molecule has 1 aliphatic heterocycles. The standard InChI is InChI=1S/C19H24N2O/c1-15-6-5-7-16(14-15)19(21-12-10-20-11-13-21)17-8-3-4-9-18(17)22-2/h3-9,14,19-20H,10-13H2,1-2H3. The highest BCUT2D eigenvalue weighted by atomic mass is 16.5. The minimum absolute atomic E-state index is 0.248. The van der Waals surface area contributed by atoms with Gasteiger partial charge in [-0.25, -0.2) is 0 Å². The minimum atomic E-state index is 0.248. The van der Waals surface area contributed by atoms with Crippen LogP contribution in [0.25, 0.3) is 0 Å². The molecule has 0 spiro atoms. The number of hydrogen-bond acceptors (Lipinski definition) is 3. The zero-order valence-corrected chi connectivity index (χ0v) is 13.4. The highest BCUT2D eigenvalue weighted by Crippen LogP contribution is 2.35. The number of nitrogens with zero attached hydrogens (tertiary/aromatic N) is 1. The van der Waals surface area contributed by atoms with E-state index in [0.717, 1.165) is 31.9 Å². The summed E-state index contributed by atoms with van der Waals surface area (Å²) in [5.74, 6) is 0.965. The number of methoxy groups -OCH3 is 1. The van der Waals surface area contributed by atoms with Crippen LogP contribution in [0.2, 0.25) is 0 Å². The summed E-state index contributed by atoms with van der Waals surface area (Å²) >= 11 is 0. The Bertz CT molecular complexity index is 620. The van der Waals surface area contributed by atoms with E-state index in [1.54, 1.807) is 7.11 Å². The predicted octanol–water partition coefficient (Wildman–Crippen LogP) is 3.00. The average Bonchev–Trinajstić information content (AvgIpc) is 2.57. The van der Waals surface area contributed by atoms with Gasteiger partial charge < -0.3 is 10.1 Å². The van der Waals surface area contributed by atoms with E-state index in [1.807, 2.05) is 6.07 Å². The van der Waals surface area contributed by atoms with E-state index in [1.165, 1.54) is 16.7 Å². The molecule has 3 rings (SSSR count). The number of rotatable bonds is 4. The molecule has 3 heteroatoms. The Balaban J connectivity index is 2.05. The van der Waals surface area contributed by atoms with Crippen molar-refractivity contribution in [3.05, 3.63) is 65.2 Å². The molecule has 0 aromatic heterocycles. The van der Waals surface area contributed by atoms with Crippen molar-refractivity contribution >= 4 is 0 Å². The normalized spacial score (nSPS) is 17.2. The van der Waals surface area contributed by atoms with Gasteiger partial charge in [-0.15, -0.1) is 0 Å². The molecule has 116 valence electrons. The maximum atomic E-state index is 5.63. The molecule has 2 aromatic rings. The zero-order chi connectivity index (χ0) is 15.4. The number of hydrogen-bond donors (Lipinski definition) is 1. The molecule has 22 heavy (non-hydrogen) atoms. The van der Waals surface area contributed by atoms with Crippen LogP contribution in [0.15, 0.2) is 48.5 Å². The fourth-order valence-corrected chi connectivity index (χ4v) is 3.26. The molecule has 1 fully saturated rings. The summed E-state index contributed by atoms with van der Waals surface area (Å²) in [6.07, 6.45) is 0. The molecule has 0 amide bonds. The van der Waals surface area contributed by atoms with Crippen molar-refractivity contribution in [1.29, 1.82) is 0 Å². The van der Waals surface area contributed by atoms with Crippen LogP contribution >= 0.6 is 0 Å². The van der Waals surface area contributed by atoms with Gasteiger partial charge in [0.1, 0.15) is 5.75 Å². The average molecular weight is 296 g/mol. The molecular formula is C19H24N2O. The molecule has 1 atom stereocenters. The van der Waals surface area contributed by atoms with Crippen LogP contribution in [0.4, 0.5) is 0 Å². The van der Waals surface area contributed by atoms with E-state index in [2.05, 4.69) is 59.6 Å². The summed E-state index contributed by atoms with van der Waals surface area (Å²) < 4.78 is 5.63. The number of ether oxygens (including phenoxy) is 1. The maximum Gasteiger partial charge on any atom is 0.123 e. The maximum absolute atomic E-state index is 5.63. The van der Waals surface area contributed by atoms with Gasteiger partial charge >= 0.3 is 0 Å². The predicted molar refractivity (Wildman–Crippen MR) is 90.5 cm³/mol. The Morgan fingerprint density at radius 3 is 2.55 bits per heavy atom. The molecule has 0 radical (unpaired) electrons. The second-order valence-electron chi connectivity index (χ2n) is 5.84. The number of benzene rings is 2. The molecule has 0 bridgehead atoms. The summed E-state index contributed by atoms with van der Waals surface area (Å²) in [5.41, 5.74) is 3.89. The van der Waals surface area contributed by atoms with Crippen molar-refractivity contribution < 1.29 is 4.74 Å². The second-order valence-corrected chi connectivity index (χ2v) is 5.84. The Morgan fingerprint density at radius 1 is 1.05 bits per heavy atom. The summed E-state index contributed by atoms with van der Waals surface area (Å²) in [5, 5.41) is 3.44. The van der Waals surface area contributed by atoms with Crippen molar-refractivity contribution in [2.45, 2.75) is 13.0 Å². The quantitative estimate of drug-likeness (QED) is 0.938. The van der Waals surface area contributed by atoms with Crippen LogP contribution in [-0.4, -0.2) is 38.2 Å². The van der Waals surface area contributed by atoms with Crippen LogP contribution < -0.4 is 10.1 Å². The molecule has 1 heterocycles. The minimum Gasteiger partial charge on any atom is -0.496 e. The van der Waals surface area contributed by atoms with Gasteiger partial charge in [0.05, 0.1) is 13.2 Å². The monoisotopic (exact) mass is 296 g/mol. The summed E-state index contributed by atoms with van der Waals surface area (Å²) in [6, 6.07) is 17.4. The highest BCUT2D eigenvalue weighted by molar-refractivity contribution is 5.42. The molecule has 1 aliphatic rings. The van der Waals surface area contributed by atoms with Gasteiger partial charge in [-0.2, -0.15) is 0 Å². The first-order chi connectivity index (χ1) is 10.8. The van der Waals surface area contributed by atoms with Crippen LogP contribution in [0, 0.1) is 6.92 Å². The van der Waals surface area contributed by atoms with Crippen LogP contribution in [0.5, 0.6) is 5.75 Å². The van der Waals surface area contributed by atoms with Gasteiger partial charge in [-0.05, 0) is 18.6 Å². The number of aryl methyl sites for hydroxylation is 1. The Labute approximate surface area is 132 Å². The smallest absolute Gasteiger partial charge is 0.123 e. The van der Waals surface area contributed by atoms with E-state index in [4.69, 9.17) is 4.74 Å². The van der Waals surface area contributed by atoms with Gasteiger partial charge in [0.15, 0.2) is 0 Å². The fraction of sp³-hybridized carbons (Fsp3) is 0.368. The van der Waals surface area contributed by atoms with Gasteiger partial charge in [-0.3, -0.25) is 4.90 Å². The first-order valence-electron chi connectivity index (χ1n) is 7.94.